The van der Waals surface area contributed by atoms with Gasteiger partial charge in [0.2, 0.25) is 0 Å². The molecule has 1 N–H and O–H groups in total. The van der Waals surface area contributed by atoms with Crippen LogP contribution in [0.3, 0.4) is 0 Å². The summed E-state index contributed by atoms with van der Waals surface area (Å²) in [5.74, 6) is 1.53. The highest BCUT2D eigenvalue weighted by molar-refractivity contribution is 7.56. The molecule has 0 aliphatic carbocycles. The molecule has 1 aromatic carbocycles. The van der Waals surface area contributed by atoms with E-state index in [1.165, 1.54) is 6.08 Å². The number of fused-ring (bicyclic) bond motifs is 1. The molecule has 0 fully saturated rings. The van der Waals surface area contributed by atoms with Crippen LogP contribution >= 0.6 is 19.2 Å². The van der Waals surface area contributed by atoms with Crippen molar-refractivity contribution < 1.29 is 14.0 Å². The van der Waals surface area contributed by atoms with Gasteiger partial charge in [-0.05, 0) is 24.3 Å². The summed E-state index contributed by atoms with van der Waals surface area (Å²) in [6.45, 7) is 0. The Kier molecular flexibility index (Phi) is 1.95. The molecular weight excluding hydrogens is 211 g/mol. The first-order valence-electron chi connectivity index (χ1n) is 3.58. The molecule has 1 heterocycles. The minimum absolute atomic E-state index is 0.387. The smallest absolute Gasteiger partial charge is 0.401 e. The Bertz CT molecular complexity index is 427. The van der Waals surface area contributed by atoms with Crippen molar-refractivity contribution in [1.29, 1.82) is 0 Å². The van der Waals surface area contributed by atoms with E-state index in [2.05, 4.69) is 0 Å². The maximum absolute atomic E-state index is 11.1. The third-order valence-electron chi connectivity index (χ3n) is 1.64. The summed E-state index contributed by atoms with van der Waals surface area (Å²) >= 11 is 5.73. The average Bonchev–Trinajstić information content (AvgIpc) is 2.05. The number of benzene rings is 1. The highest BCUT2D eigenvalue weighted by Crippen LogP contribution is 2.49. The molecule has 2 rings (SSSR count). The third kappa shape index (κ3) is 1.78. The Labute approximate surface area is 80.1 Å². The Morgan fingerprint density at radius 2 is 2.23 bits per heavy atom. The van der Waals surface area contributed by atoms with Gasteiger partial charge in [0.1, 0.15) is 5.75 Å². The molecule has 3 nitrogen and oxygen atoms in total. The first kappa shape index (κ1) is 8.82. The van der Waals surface area contributed by atoms with Crippen LogP contribution in [0.25, 0.3) is 6.08 Å². The van der Waals surface area contributed by atoms with E-state index in [0.717, 1.165) is 5.82 Å². The molecule has 1 aliphatic heterocycles. The van der Waals surface area contributed by atoms with Gasteiger partial charge in [-0.3, -0.25) is 0 Å². The molecule has 0 aromatic heterocycles. The summed E-state index contributed by atoms with van der Waals surface area (Å²) < 4.78 is 15.9. The monoisotopic (exact) mass is 216 g/mol. The summed E-state index contributed by atoms with van der Waals surface area (Å²) in [4.78, 5) is 9.10. The predicted molar refractivity (Wildman–Crippen MR) is 50.9 cm³/mol. The van der Waals surface area contributed by atoms with Crippen molar-refractivity contribution in [3.63, 3.8) is 0 Å². The van der Waals surface area contributed by atoms with Crippen LogP contribution < -0.4 is 4.52 Å². The minimum atomic E-state index is -3.56. The Hall–Kier alpha value is -0.760. The molecule has 0 saturated heterocycles. The lowest BCUT2D eigenvalue weighted by Gasteiger charge is -2.16. The first-order valence-corrected chi connectivity index (χ1v) is 5.60. The summed E-state index contributed by atoms with van der Waals surface area (Å²) in [7, 11) is -3.56. The molecular formula is C8H6ClO3P. The standard InChI is InChI=1S/C8H6ClO3P/c9-7-1-2-8-6(5-7)3-4-13(10,11)12-8/h1-5H,(H,10,11). The second-order valence-corrected chi connectivity index (χ2v) is 4.70. The van der Waals surface area contributed by atoms with Gasteiger partial charge in [0.05, 0.1) is 0 Å². The van der Waals surface area contributed by atoms with Crippen LogP contribution in [-0.2, 0) is 4.57 Å². The van der Waals surface area contributed by atoms with Crippen LogP contribution in [0.5, 0.6) is 5.75 Å². The van der Waals surface area contributed by atoms with Crippen molar-refractivity contribution >= 4 is 25.3 Å². The zero-order chi connectivity index (χ0) is 9.47. The number of halogens is 1. The lowest BCUT2D eigenvalue weighted by Crippen LogP contribution is -1.95. The number of hydrogen-bond donors (Lipinski definition) is 1. The fraction of sp³-hybridized carbons (Fsp3) is 0. The zero-order valence-electron chi connectivity index (χ0n) is 6.48. The maximum Gasteiger partial charge on any atom is 0.401 e. The van der Waals surface area contributed by atoms with Crippen LogP contribution in [-0.4, -0.2) is 4.89 Å². The SMILES string of the molecule is O=P1(O)C=Cc2cc(Cl)ccc2O1. The average molecular weight is 217 g/mol. The van der Waals surface area contributed by atoms with E-state index in [9.17, 15) is 4.57 Å². The summed E-state index contributed by atoms with van der Waals surface area (Å²) in [6, 6.07) is 4.86. The number of rotatable bonds is 0. The van der Waals surface area contributed by atoms with Crippen molar-refractivity contribution in [3.8, 4) is 5.75 Å². The quantitative estimate of drug-likeness (QED) is 0.679. The minimum Gasteiger partial charge on any atom is -0.421 e. The van der Waals surface area contributed by atoms with Gasteiger partial charge in [-0.25, -0.2) is 4.57 Å². The molecule has 0 bridgehead atoms. The van der Waals surface area contributed by atoms with E-state index in [1.54, 1.807) is 18.2 Å². The first-order chi connectivity index (χ1) is 6.07. The molecule has 13 heavy (non-hydrogen) atoms. The lowest BCUT2D eigenvalue weighted by molar-refractivity contribution is 0.390. The molecule has 68 valence electrons. The summed E-state index contributed by atoms with van der Waals surface area (Å²) in [6.07, 6.45) is 1.53. The van der Waals surface area contributed by atoms with Crippen molar-refractivity contribution in [2.45, 2.75) is 0 Å². The summed E-state index contributed by atoms with van der Waals surface area (Å²) in [5, 5.41) is 0.571. The van der Waals surface area contributed by atoms with E-state index in [-0.39, 0.29) is 0 Å². The molecule has 0 amide bonds. The van der Waals surface area contributed by atoms with Crippen LogP contribution in [0.1, 0.15) is 5.56 Å². The number of hydrogen-bond acceptors (Lipinski definition) is 2. The van der Waals surface area contributed by atoms with E-state index in [1.807, 2.05) is 0 Å². The van der Waals surface area contributed by atoms with Gasteiger partial charge in [0.15, 0.2) is 0 Å². The fourth-order valence-electron chi connectivity index (χ4n) is 1.08. The lowest BCUT2D eigenvalue weighted by atomic mass is 10.2. The Morgan fingerprint density at radius 3 is 3.00 bits per heavy atom. The Morgan fingerprint density at radius 1 is 1.46 bits per heavy atom. The van der Waals surface area contributed by atoms with Crippen molar-refractivity contribution in [3.05, 3.63) is 34.6 Å². The van der Waals surface area contributed by atoms with E-state index >= 15 is 0 Å². The van der Waals surface area contributed by atoms with Crippen LogP contribution in [0, 0.1) is 0 Å². The second-order valence-electron chi connectivity index (χ2n) is 2.65. The van der Waals surface area contributed by atoms with Crippen LogP contribution in [0.15, 0.2) is 24.0 Å². The van der Waals surface area contributed by atoms with Gasteiger partial charge in [-0.2, -0.15) is 0 Å². The van der Waals surface area contributed by atoms with Crippen LogP contribution in [0.4, 0.5) is 0 Å². The topological polar surface area (TPSA) is 46.5 Å². The van der Waals surface area contributed by atoms with E-state index in [0.29, 0.717) is 16.3 Å². The van der Waals surface area contributed by atoms with Gasteiger partial charge in [-0.1, -0.05) is 11.6 Å². The normalized spacial score (nSPS) is 25.1. The molecule has 0 saturated carbocycles. The molecule has 5 heteroatoms. The van der Waals surface area contributed by atoms with Gasteiger partial charge in [0.25, 0.3) is 0 Å². The Balaban J connectivity index is 2.53. The largest absolute Gasteiger partial charge is 0.421 e. The molecule has 0 radical (unpaired) electrons. The predicted octanol–water partition coefficient (Wildman–Crippen LogP) is 2.89. The van der Waals surface area contributed by atoms with Crippen molar-refractivity contribution in [1.82, 2.24) is 0 Å². The highest BCUT2D eigenvalue weighted by atomic mass is 35.5. The molecule has 1 aliphatic rings. The molecule has 1 aromatic rings. The van der Waals surface area contributed by atoms with Crippen molar-refractivity contribution in [2.75, 3.05) is 0 Å². The van der Waals surface area contributed by atoms with Crippen molar-refractivity contribution in [2.24, 2.45) is 0 Å². The molecule has 1 atom stereocenters. The summed E-state index contributed by atoms with van der Waals surface area (Å²) in [5.41, 5.74) is 0.716. The maximum atomic E-state index is 11.1. The third-order valence-corrected chi connectivity index (χ3v) is 2.86. The van der Waals surface area contributed by atoms with Crippen LogP contribution in [0.2, 0.25) is 5.02 Å². The van der Waals surface area contributed by atoms with Gasteiger partial charge in [0, 0.05) is 16.4 Å². The fourth-order valence-corrected chi connectivity index (χ4v) is 2.12. The van der Waals surface area contributed by atoms with Gasteiger partial charge in [-0.15, -0.1) is 0 Å². The van der Waals surface area contributed by atoms with Gasteiger partial charge >= 0.3 is 7.60 Å². The van der Waals surface area contributed by atoms with E-state index in [4.69, 9.17) is 21.0 Å². The highest BCUT2D eigenvalue weighted by Gasteiger charge is 2.22. The second kappa shape index (κ2) is 2.88. The van der Waals surface area contributed by atoms with Gasteiger partial charge < -0.3 is 9.42 Å². The molecule has 0 spiro atoms. The zero-order valence-corrected chi connectivity index (χ0v) is 8.13. The van der Waals surface area contributed by atoms with E-state index < -0.39 is 7.60 Å². The molecule has 1 unspecified atom stereocenters.